The predicted octanol–water partition coefficient (Wildman–Crippen LogP) is 1.42. The minimum atomic E-state index is -0.821. The number of carbonyl (C=O) groups excluding carboxylic acids is 1. The van der Waals surface area contributed by atoms with Crippen LogP contribution in [0.1, 0.15) is 0 Å². The highest BCUT2D eigenvalue weighted by atomic mass is 16.6. The Hall–Kier alpha value is -2.17. The number of nitrogens with zero attached hydrogens (tertiary/aromatic N) is 1. The summed E-state index contributed by atoms with van der Waals surface area (Å²) in [5.41, 5.74) is -0.172. The third kappa shape index (κ3) is 2.41. The topological polar surface area (TPSA) is 72.2 Å². The van der Waals surface area contributed by atoms with Crippen LogP contribution in [0.5, 0.6) is 0 Å². The van der Waals surface area contributed by atoms with E-state index in [0.29, 0.717) is 5.69 Å². The lowest BCUT2D eigenvalue weighted by atomic mass is 10.3. The van der Waals surface area contributed by atoms with Gasteiger partial charge in [0.15, 0.2) is 0 Å². The van der Waals surface area contributed by atoms with Crippen molar-refractivity contribution < 1.29 is 9.72 Å². The molecule has 0 bridgehead atoms. The van der Waals surface area contributed by atoms with Gasteiger partial charge < -0.3 is 5.32 Å². The number of anilines is 1. The largest absolute Gasteiger partial charge is 0.326 e. The van der Waals surface area contributed by atoms with Crippen molar-refractivity contribution >= 4 is 11.6 Å². The lowest BCUT2D eigenvalue weighted by Gasteiger charge is -2.01. The van der Waals surface area contributed by atoms with E-state index in [1.54, 1.807) is 30.3 Å². The van der Waals surface area contributed by atoms with Crippen molar-refractivity contribution in [2.24, 2.45) is 0 Å². The molecule has 1 aromatic rings. The molecule has 1 aromatic carbocycles. The first kappa shape index (κ1) is 9.91. The molecule has 0 radical (unpaired) electrons. The summed E-state index contributed by atoms with van der Waals surface area (Å²) < 4.78 is 0. The van der Waals surface area contributed by atoms with Gasteiger partial charge in [0.1, 0.15) is 0 Å². The quantitative estimate of drug-likeness (QED) is 0.447. The van der Waals surface area contributed by atoms with Gasteiger partial charge in [-0.05, 0) is 18.7 Å². The number of nitro groups is 1. The highest BCUT2D eigenvalue weighted by Gasteiger charge is 2.17. The van der Waals surface area contributed by atoms with Crippen molar-refractivity contribution in [1.82, 2.24) is 0 Å². The molecule has 0 heterocycles. The van der Waals surface area contributed by atoms with Crippen LogP contribution in [0, 0.1) is 10.1 Å². The molecule has 0 aliphatic heterocycles. The van der Waals surface area contributed by atoms with Crippen molar-refractivity contribution in [3.8, 4) is 0 Å². The number of nitrogens with one attached hydrogen (secondary N) is 1. The highest BCUT2D eigenvalue weighted by Crippen LogP contribution is 2.06. The maximum absolute atomic E-state index is 11.1. The van der Waals surface area contributed by atoms with Gasteiger partial charge >= 0.3 is 11.6 Å². The van der Waals surface area contributed by atoms with Crippen molar-refractivity contribution in [1.29, 1.82) is 0 Å². The molecule has 72 valence electrons. The molecule has 0 fully saturated rings. The van der Waals surface area contributed by atoms with Crippen molar-refractivity contribution in [2.45, 2.75) is 0 Å². The Kier molecular flexibility index (Phi) is 2.96. The molecule has 0 unspecified atom stereocenters. The lowest BCUT2D eigenvalue weighted by molar-refractivity contribution is -0.417. The molecule has 5 nitrogen and oxygen atoms in total. The van der Waals surface area contributed by atoms with Gasteiger partial charge in [0.2, 0.25) is 0 Å². The van der Waals surface area contributed by atoms with Crippen LogP contribution in [0.2, 0.25) is 0 Å². The summed E-state index contributed by atoms with van der Waals surface area (Å²) in [7, 11) is 0. The van der Waals surface area contributed by atoms with Gasteiger partial charge in [-0.1, -0.05) is 18.2 Å². The number of benzene rings is 1. The Labute approximate surface area is 80.2 Å². The first-order valence-electron chi connectivity index (χ1n) is 3.81. The number of carbonyl (C=O) groups is 1. The third-order valence-electron chi connectivity index (χ3n) is 1.51. The molecule has 0 atom stereocenters. The van der Waals surface area contributed by atoms with E-state index in [2.05, 4.69) is 11.9 Å². The van der Waals surface area contributed by atoms with Crippen LogP contribution in [0.4, 0.5) is 5.69 Å². The first-order chi connectivity index (χ1) is 6.61. The lowest BCUT2D eigenvalue weighted by Crippen LogP contribution is -2.18. The Balaban J connectivity index is 2.67. The van der Waals surface area contributed by atoms with Gasteiger partial charge in [-0.2, -0.15) is 0 Å². The second-order valence-electron chi connectivity index (χ2n) is 2.52. The van der Waals surface area contributed by atoms with Crippen LogP contribution in [-0.4, -0.2) is 10.8 Å². The fourth-order valence-electron chi connectivity index (χ4n) is 0.808. The van der Waals surface area contributed by atoms with Gasteiger partial charge in [-0.3, -0.25) is 14.9 Å². The zero-order chi connectivity index (χ0) is 10.6. The molecule has 0 aromatic heterocycles. The van der Waals surface area contributed by atoms with Crippen LogP contribution in [0.15, 0.2) is 42.6 Å². The van der Waals surface area contributed by atoms with Crippen LogP contribution in [-0.2, 0) is 4.79 Å². The van der Waals surface area contributed by atoms with Crippen LogP contribution in [0.25, 0.3) is 0 Å². The van der Waals surface area contributed by atoms with E-state index in [1.807, 2.05) is 0 Å². The summed E-state index contributed by atoms with van der Waals surface area (Å²) in [5, 5.41) is 12.5. The number of rotatable bonds is 3. The molecule has 1 rings (SSSR count). The summed E-state index contributed by atoms with van der Waals surface area (Å²) >= 11 is 0. The summed E-state index contributed by atoms with van der Waals surface area (Å²) in [5.74, 6) is -0.804. The second kappa shape index (κ2) is 4.18. The van der Waals surface area contributed by atoms with E-state index < -0.39 is 16.5 Å². The smallest absolute Gasteiger partial charge is 0.317 e. The minimum Gasteiger partial charge on any atom is -0.317 e. The average Bonchev–Trinajstić information content (AvgIpc) is 2.18. The minimum absolute atomic E-state index is 0.500. The van der Waals surface area contributed by atoms with Crippen LogP contribution >= 0.6 is 0 Å². The zero-order valence-corrected chi connectivity index (χ0v) is 7.27. The molecule has 0 spiro atoms. The summed E-state index contributed by atoms with van der Waals surface area (Å²) in [6, 6.07) is 8.46. The molecular weight excluding hydrogens is 184 g/mol. The van der Waals surface area contributed by atoms with Crippen molar-refractivity contribution in [3.63, 3.8) is 0 Å². The van der Waals surface area contributed by atoms with E-state index in [-0.39, 0.29) is 0 Å². The van der Waals surface area contributed by atoms with E-state index in [9.17, 15) is 14.9 Å². The normalized spacial score (nSPS) is 9.14. The third-order valence-corrected chi connectivity index (χ3v) is 1.51. The average molecular weight is 192 g/mol. The Morgan fingerprint density at radius 2 is 1.93 bits per heavy atom. The van der Waals surface area contributed by atoms with Gasteiger partial charge in [0.05, 0.1) is 4.92 Å². The number of hydrogen-bond donors (Lipinski definition) is 1. The monoisotopic (exact) mass is 192 g/mol. The standard InChI is InChI=1S/C9H8N2O3/c1-7(11(13)14)9(12)10-8-5-3-2-4-6-8/h2-6H,1H2,(H,10,12). The van der Waals surface area contributed by atoms with Crippen molar-refractivity contribution in [2.75, 3.05) is 5.32 Å². The molecular formula is C9H8N2O3. The van der Waals surface area contributed by atoms with Gasteiger partial charge in [-0.25, -0.2) is 0 Å². The number of amides is 1. The SMILES string of the molecule is C=C(C(=O)Nc1ccccc1)[N+](=O)[O-]. The Bertz CT molecular complexity index is 373. The molecule has 0 saturated heterocycles. The molecule has 0 aliphatic rings. The van der Waals surface area contributed by atoms with Gasteiger partial charge in [0.25, 0.3) is 0 Å². The fraction of sp³-hybridized carbons (Fsp3) is 0. The second-order valence-corrected chi connectivity index (χ2v) is 2.52. The molecule has 5 heteroatoms. The fourth-order valence-corrected chi connectivity index (χ4v) is 0.808. The molecule has 1 N–H and O–H groups in total. The van der Waals surface area contributed by atoms with Gasteiger partial charge in [-0.15, -0.1) is 0 Å². The Morgan fingerprint density at radius 1 is 1.36 bits per heavy atom. The van der Waals surface area contributed by atoms with Crippen molar-refractivity contribution in [3.05, 3.63) is 52.7 Å². The van der Waals surface area contributed by atoms with Crippen LogP contribution < -0.4 is 5.32 Å². The Morgan fingerprint density at radius 3 is 2.43 bits per heavy atom. The van der Waals surface area contributed by atoms with Gasteiger partial charge in [0, 0.05) is 5.69 Å². The predicted molar refractivity (Wildman–Crippen MR) is 51.2 cm³/mol. The number of para-hydroxylation sites is 1. The molecule has 0 aliphatic carbocycles. The van der Waals surface area contributed by atoms with Crippen LogP contribution in [0.3, 0.4) is 0 Å². The van der Waals surface area contributed by atoms with E-state index in [0.717, 1.165) is 0 Å². The highest BCUT2D eigenvalue weighted by molar-refractivity contribution is 6.01. The van der Waals surface area contributed by atoms with E-state index in [4.69, 9.17) is 0 Å². The first-order valence-corrected chi connectivity index (χ1v) is 3.81. The summed E-state index contributed by atoms with van der Waals surface area (Å²) in [6.45, 7) is 3.04. The maximum atomic E-state index is 11.1. The van der Waals surface area contributed by atoms with E-state index >= 15 is 0 Å². The zero-order valence-electron chi connectivity index (χ0n) is 7.27. The molecule has 14 heavy (non-hydrogen) atoms. The molecule has 1 amide bonds. The maximum Gasteiger partial charge on any atom is 0.326 e. The summed E-state index contributed by atoms with van der Waals surface area (Å²) in [6.07, 6.45) is 0. The van der Waals surface area contributed by atoms with E-state index in [1.165, 1.54) is 0 Å². The molecule has 0 saturated carbocycles. The summed E-state index contributed by atoms with van der Waals surface area (Å²) in [4.78, 5) is 20.5. The number of hydrogen-bond acceptors (Lipinski definition) is 3.